The Balaban J connectivity index is 4.37. The number of unbranched alkanes of at least 4 members (excludes halogenated alkanes) is 6. The summed E-state index contributed by atoms with van der Waals surface area (Å²) in [6.45, 7) is 3.43. The minimum atomic E-state index is -4.41. The first-order chi connectivity index (χ1) is 28.8. The van der Waals surface area contributed by atoms with Gasteiger partial charge < -0.3 is 20.1 Å². The topological polar surface area (TPSA) is 134 Å². The Hall–Kier alpha value is -3.59. The Morgan fingerprint density at radius 2 is 0.966 bits per heavy atom. The van der Waals surface area contributed by atoms with Crippen LogP contribution in [-0.4, -0.2) is 49.3 Å². The monoisotopic (exact) mass is 840 g/mol. The lowest BCUT2D eigenvalue weighted by atomic mass is 10.1. The molecule has 0 spiro atoms. The van der Waals surface area contributed by atoms with Crippen molar-refractivity contribution in [3.05, 3.63) is 122 Å². The quantitative estimate of drug-likeness (QED) is 0.0268. The van der Waals surface area contributed by atoms with Gasteiger partial charge >= 0.3 is 19.8 Å². The number of nitrogens with two attached hydrogens (primary N) is 1. The first-order valence-electron chi connectivity index (χ1n) is 22.0. The van der Waals surface area contributed by atoms with Crippen molar-refractivity contribution in [1.29, 1.82) is 0 Å². The SMILES string of the molecule is CC/C=C/C/C=C/C/C=C/C/C=C/C/C=C/CCCCCC(=O)O[C@H](COC(=O)CC/C=C/C/C=C/C/C=C/C/C=C/C/C=C/CCCCC)COP(=O)(O)OCCN. The van der Waals surface area contributed by atoms with E-state index < -0.39 is 32.5 Å². The molecule has 10 heteroatoms. The van der Waals surface area contributed by atoms with E-state index in [0.29, 0.717) is 12.8 Å². The fourth-order valence-electron chi connectivity index (χ4n) is 5.11. The van der Waals surface area contributed by atoms with Crippen LogP contribution < -0.4 is 5.73 Å². The number of carbonyl (C=O) groups is 2. The maximum atomic E-state index is 12.6. The zero-order valence-electron chi connectivity index (χ0n) is 36.4. The van der Waals surface area contributed by atoms with Gasteiger partial charge in [0.15, 0.2) is 6.10 Å². The summed E-state index contributed by atoms with van der Waals surface area (Å²) in [5.41, 5.74) is 5.34. The third-order valence-corrected chi connectivity index (χ3v) is 9.33. The number of carbonyl (C=O) groups excluding carboxylic acids is 2. The van der Waals surface area contributed by atoms with Gasteiger partial charge in [-0.05, 0) is 96.3 Å². The molecule has 0 aromatic rings. The van der Waals surface area contributed by atoms with Gasteiger partial charge in [0.05, 0.1) is 13.2 Å². The lowest BCUT2D eigenvalue weighted by Gasteiger charge is -2.19. The van der Waals surface area contributed by atoms with Gasteiger partial charge in [0, 0.05) is 19.4 Å². The highest BCUT2D eigenvalue weighted by Gasteiger charge is 2.25. The molecule has 0 rings (SSSR count). The van der Waals surface area contributed by atoms with E-state index in [2.05, 4.69) is 123 Å². The lowest BCUT2D eigenvalue weighted by Crippen LogP contribution is -2.29. The molecule has 1 unspecified atom stereocenters. The number of phosphoric acid groups is 1. The molecule has 0 aliphatic heterocycles. The number of hydrogen-bond donors (Lipinski definition) is 2. The normalized spacial score (nSPS) is 14.4. The second-order valence-electron chi connectivity index (χ2n) is 13.8. The van der Waals surface area contributed by atoms with Crippen LogP contribution >= 0.6 is 7.82 Å². The fourth-order valence-corrected chi connectivity index (χ4v) is 5.88. The van der Waals surface area contributed by atoms with E-state index in [1.165, 1.54) is 25.7 Å². The number of ether oxygens (including phenoxy) is 2. The molecular weight excluding hydrogens is 762 g/mol. The van der Waals surface area contributed by atoms with Gasteiger partial charge in [0.25, 0.3) is 0 Å². The first-order valence-corrected chi connectivity index (χ1v) is 23.5. The van der Waals surface area contributed by atoms with Gasteiger partial charge in [-0.1, -0.05) is 155 Å². The molecule has 3 N–H and O–H groups in total. The van der Waals surface area contributed by atoms with Crippen LogP contribution in [0.3, 0.4) is 0 Å². The highest BCUT2D eigenvalue weighted by atomic mass is 31.2. The summed E-state index contributed by atoms with van der Waals surface area (Å²) in [4.78, 5) is 34.9. The Bertz CT molecular complexity index is 1370. The molecule has 332 valence electrons. The standard InChI is InChI=1S/C49H78NO8P/c1-3-5-7-9-11-13-15-17-19-21-23-25-27-29-31-33-35-37-39-41-48(51)55-45-47(46-57-59(53,54)56-44-43-50)58-49(52)42-40-38-36-34-32-30-28-26-24-22-20-18-16-14-12-10-8-6-4-2/h6,8,11-14,17-20,23-26,29-32,35,37,47H,3-5,7,9-10,15-16,21-22,27-28,33-34,36,38-46,50H2,1-2H3,(H,53,54)/b8-6+,13-11+,14-12+,19-17+,20-18+,25-23+,26-24+,31-29+,32-30+,37-35+/t47-/m1/s1. The van der Waals surface area contributed by atoms with Crippen LogP contribution in [0.15, 0.2) is 122 Å². The van der Waals surface area contributed by atoms with E-state index >= 15 is 0 Å². The van der Waals surface area contributed by atoms with Crippen molar-refractivity contribution >= 4 is 19.8 Å². The van der Waals surface area contributed by atoms with Crippen LogP contribution in [0.1, 0.15) is 142 Å². The third kappa shape index (κ3) is 43.8. The molecule has 0 saturated carbocycles. The second-order valence-corrected chi connectivity index (χ2v) is 15.3. The summed E-state index contributed by atoms with van der Waals surface area (Å²) in [7, 11) is -4.41. The minimum Gasteiger partial charge on any atom is -0.462 e. The number of allylic oxidation sites excluding steroid dienone is 20. The summed E-state index contributed by atoms with van der Waals surface area (Å²) in [5.74, 6) is -0.977. The van der Waals surface area contributed by atoms with Gasteiger partial charge in [-0.25, -0.2) is 4.57 Å². The Morgan fingerprint density at radius 3 is 1.42 bits per heavy atom. The van der Waals surface area contributed by atoms with Crippen molar-refractivity contribution in [2.75, 3.05) is 26.4 Å². The predicted octanol–water partition coefficient (Wildman–Crippen LogP) is 12.9. The van der Waals surface area contributed by atoms with Crippen LogP contribution in [0, 0.1) is 0 Å². The molecule has 59 heavy (non-hydrogen) atoms. The van der Waals surface area contributed by atoms with Crippen molar-refractivity contribution in [1.82, 2.24) is 0 Å². The Labute approximate surface area is 358 Å². The average molecular weight is 840 g/mol. The molecule has 0 bridgehead atoms. The van der Waals surface area contributed by atoms with Crippen molar-refractivity contribution < 1.29 is 37.6 Å². The van der Waals surface area contributed by atoms with Crippen LogP contribution in [0.4, 0.5) is 0 Å². The zero-order valence-corrected chi connectivity index (χ0v) is 37.3. The number of rotatable bonds is 39. The van der Waals surface area contributed by atoms with E-state index in [0.717, 1.165) is 77.0 Å². The van der Waals surface area contributed by atoms with Gasteiger partial charge in [0.1, 0.15) is 6.61 Å². The van der Waals surface area contributed by atoms with Crippen LogP contribution in [-0.2, 0) is 32.7 Å². The molecule has 0 radical (unpaired) electrons. The summed E-state index contributed by atoms with van der Waals surface area (Å²) in [5, 5.41) is 0. The van der Waals surface area contributed by atoms with E-state index in [9.17, 15) is 19.0 Å². The van der Waals surface area contributed by atoms with Gasteiger partial charge in [-0.15, -0.1) is 0 Å². The van der Waals surface area contributed by atoms with Gasteiger partial charge in [-0.2, -0.15) is 0 Å². The first kappa shape index (κ1) is 55.4. The molecule has 2 atom stereocenters. The lowest BCUT2D eigenvalue weighted by molar-refractivity contribution is -0.161. The molecule has 0 fully saturated rings. The molecule has 0 amide bonds. The largest absolute Gasteiger partial charge is 0.472 e. The molecule has 0 aromatic heterocycles. The zero-order chi connectivity index (χ0) is 43.2. The number of phosphoric ester groups is 1. The van der Waals surface area contributed by atoms with E-state index in [1.54, 1.807) is 0 Å². The second kappa shape index (κ2) is 44.0. The molecular formula is C49H78NO8P. The molecule has 9 nitrogen and oxygen atoms in total. The third-order valence-electron chi connectivity index (χ3n) is 8.35. The molecule has 0 aromatic carbocycles. The highest BCUT2D eigenvalue weighted by molar-refractivity contribution is 7.47. The Morgan fingerprint density at radius 1 is 0.525 bits per heavy atom. The number of esters is 2. The Kier molecular flexibility index (Phi) is 41.3. The minimum absolute atomic E-state index is 0.0308. The van der Waals surface area contributed by atoms with E-state index in [1.807, 2.05) is 12.2 Å². The summed E-state index contributed by atoms with van der Waals surface area (Å²) < 4.78 is 32.7. The maximum absolute atomic E-state index is 12.6. The molecule has 0 aliphatic carbocycles. The number of hydrogen-bond acceptors (Lipinski definition) is 8. The van der Waals surface area contributed by atoms with Crippen LogP contribution in [0.5, 0.6) is 0 Å². The summed E-state index contributed by atoms with van der Waals surface area (Å²) in [6, 6.07) is 0. The maximum Gasteiger partial charge on any atom is 0.472 e. The van der Waals surface area contributed by atoms with Crippen LogP contribution in [0.2, 0.25) is 0 Å². The summed E-state index contributed by atoms with van der Waals surface area (Å²) >= 11 is 0. The molecule has 0 heterocycles. The van der Waals surface area contributed by atoms with Gasteiger partial charge in [0.2, 0.25) is 0 Å². The van der Waals surface area contributed by atoms with Crippen molar-refractivity contribution in [3.63, 3.8) is 0 Å². The van der Waals surface area contributed by atoms with Crippen molar-refractivity contribution in [2.24, 2.45) is 5.73 Å². The average Bonchev–Trinajstić information content (AvgIpc) is 3.22. The summed E-state index contributed by atoms with van der Waals surface area (Å²) in [6.07, 6.45) is 59.6. The molecule has 0 saturated heterocycles. The van der Waals surface area contributed by atoms with Crippen LogP contribution in [0.25, 0.3) is 0 Å². The smallest absolute Gasteiger partial charge is 0.462 e. The fraction of sp³-hybridized carbons (Fsp3) is 0.551. The van der Waals surface area contributed by atoms with Crippen molar-refractivity contribution in [3.8, 4) is 0 Å². The van der Waals surface area contributed by atoms with E-state index in [-0.39, 0.29) is 32.6 Å². The van der Waals surface area contributed by atoms with Crippen molar-refractivity contribution in [2.45, 2.75) is 148 Å². The van der Waals surface area contributed by atoms with E-state index in [4.69, 9.17) is 24.3 Å². The highest BCUT2D eigenvalue weighted by Crippen LogP contribution is 2.43. The predicted molar refractivity (Wildman–Crippen MR) is 247 cm³/mol. The molecule has 0 aliphatic rings. The van der Waals surface area contributed by atoms with Gasteiger partial charge in [-0.3, -0.25) is 18.6 Å².